The first-order valence-corrected chi connectivity index (χ1v) is 3.64. The standard InChI is InChI=1S/C9H7N3O/c10-12-11-9-5-3-8(4-6-9)2-1-7-13/h1-7H/b2-1+. The first-order valence-electron chi connectivity index (χ1n) is 3.64. The van der Waals surface area contributed by atoms with Gasteiger partial charge in [0.2, 0.25) is 0 Å². The molecule has 0 saturated carbocycles. The fourth-order valence-electron chi connectivity index (χ4n) is 0.854. The highest BCUT2D eigenvalue weighted by Gasteiger charge is 1.87. The van der Waals surface area contributed by atoms with Crippen LogP contribution in [-0.2, 0) is 4.79 Å². The normalized spacial score (nSPS) is 9.54. The van der Waals surface area contributed by atoms with Crippen molar-refractivity contribution in [3.05, 3.63) is 46.3 Å². The summed E-state index contributed by atoms with van der Waals surface area (Å²) in [4.78, 5) is 12.6. The van der Waals surface area contributed by atoms with Crippen molar-refractivity contribution in [3.63, 3.8) is 0 Å². The molecule has 4 nitrogen and oxygen atoms in total. The van der Waals surface area contributed by atoms with Gasteiger partial charge in [-0.05, 0) is 17.2 Å². The Kier molecular flexibility index (Phi) is 3.30. The SMILES string of the molecule is [N-]=[N+]=Nc1ccc(/C=C/C=O)cc1. The number of carbonyl (C=O) groups is 1. The quantitative estimate of drug-likeness (QED) is 0.228. The Labute approximate surface area is 75.1 Å². The Bertz CT molecular complexity index is 361. The number of aldehydes is 1. The van der Waals surface area contributed by atoms with Crippen LogP contribution in [0.15, 0.2) is 35.5 Å². The molecule has 0 saturated heterocycles. The molecule has 1 aromatic carbocycles. The van der Waals surface area contributed by atoms with E-state index in [1.165, 1.54) is 6.08 Å². The minimum Gasteiger partial charge on any atom is -0.299 e. The molecule has 0 aliphatic heterocycles. The molecular formula is C9H7N3O. The number of hydrogen-bond donors (Lipinski definition) is 0. The van der Waals surface area contributed by atoms with E-state index < -0.39 is 0 Å². The maximum Gasteiger partial charge on any atom is 0.142 e. The van der Waals surface area contributed by atoms with Crippen molar-refractivity contribution in [1.82, 2.24) is 0 Å². The summed E-state index contributed by atoms with van der Waals surface area (Å²) in [7, 11) is 0. The molecule has 4 heteroatoms. The van der Waals surface area contributed by atoms with E-state index in [-0.39, 0.29) is 0 Å². The summed E-state index contributed by atoms with van der Waals surface area (Å²) in [5.74, 6) is 0. The minimum absolute atomic E-state index is 0.561. The van der Waals surface area contributed by atoms with Crippen LogP contribution in [0.1, 0.15) is 5.56 Å². The predicted octanol–water partition coefficient (Wildman–Crippen LogP) is 2.84. The van der Waals surface area contributed by atoms with E-state index in [2.05, 4.69) is 10.0 Å². The molecule has 0 aliphatic rings. The third-order valence-electron chi connectivity index (χ3n) is 1.42. The number of hydrogen-bond acceptors (Lipinski definition) is 2. The Hall–Kier alpha value is -2.06. The molecule has 0 aromatic heterocycles. The minimum atomic E-state index is 0.561. The van der Waals surface area contributed by atoms with E-state index >= 15 is 0 Å². The van der Waals surface area contributed by atoms with Crippen molar-refractivity contribution >= 4 is 18.0 Å². The molecule has 0 atom stereocenters. The first-order chi connectivity index (χ1) is 6.36. The number of benzene rings is 1. The number of carbonyl (C=O) groups excluding carboxylic acids is 1. The number of allylic oxidation sites excluding steroid dienone is 1. The molecule has 0 aliphatic carbocycles. The Balaban J connectivity index is 2.86. The maximum atomic E-state index is 9.99. The molecule has 0 amide bonds. The summed E-state index contributed by atoms with van der Waals surface area (Å²) < 4.78 is 0. The second-order valence-corrected chi connectivity index (χ2v) is 2.28. The van der Waals surface area contributed by atoms with E-state index in [1.54, 1.807) is 30.3 Å². The molecule has 0 heterocycles. The van der Waals surface area contributed by atoms with Crippen LogP contribution in [-0.4, -0.2) is 6.29 Å². The van der Waals surface area contributed by atoms with E-state index in [0.717, 1.165) is 5.56 Å². The van der Waals surface area contributed by atoms with Gasteiger partial charge in [0.25, 0.3) is 0 Å². The third-order valence-corrected chi connectivity index (χ3v) is 1.42. The fourth-order valence-corrected chi connectivity index (χ4v) is 0.854. The number of nitrogens with zero attached hydrogens (tertiary/aromatic N) is 3. The van der Waals surface area contributed by atoms with Crippen LogP contribution in [0.4, 0.5) is 5.69 Å². The molecule has 1 aromatic rings. The molecule has 0 fully saturated rings. The first kappa shape index (κ1) is 9.03. The van der Waals surface area contributed by atoms with E-state index in [4.69, 9.17) is 5.53 Å². The van der Waals surface area contributed by atoms with Crippen molar-refractivity contribution < 1.29 is 4.79 Å². The molecule has 1 rings (SSSR count). The Morgan fingerprint density at radius 3 is 2.54 bits per heavy atom. The average molecular weight is 173 g/mol. The second-order valence-electron chi connectivity index (χ2n) is 2.28. The molecule has 0 N–H and O–H groups in total. The van der Waals surface area contributed by atoms with Crippen molar-refractivity contribution in [2.75, 3.05) is 0 Å². The zero-order valence-corrected chi connectivity index (χ0v) is 6.79. The van der Waals surface area contributed by atoms with Crippen LogP contribution in [0.5, 0.6) is 0 Å². The van der Waals surface area contributed by atoms with Crippen LogP contribution in [0.3, 0.4) is 0 Å². The van der Waals surface area contributed by atoms with Crippen molar-refractivity contribution in [2.45, 2.75) is 0 Å². The van der Waals surface area contributed by atoms with Crippen LogP contribution in [0, 0.1) is 0 Å². The lowest BCUT2D eigenvalue weighted by molar-refractivity contribution is -0.104. The third kappa shape index (κ3) is 2.81. The molecule has 0 bridgehead atoms. The monoisotopic (exact) mass is 173 g/mol. The van der Waals surface area contributed by atoms with E-state index in [9.17, 15) is 4.79 Å². The van der Waals surface area contributed by atoms with E-state index in [1.807, 2.05) is 0 Å². The molecule has 13 heavy (non-hydrogen) atoms. The topological polar surface area (TPSA) is 65.8 Å². The molecule has 0 spiro atoms. The van der Waals surface area contributed by atoms with Gasteiger partial charge in [-0.1, -0.05) is 35.5 Å². The summed E-state index contributed by atoms with van der Waals surface area (Å²) in [6, 6.07) is 6.91. The molecule has 0 radical (unpaired) electrons. The highest BCUT2D eigenvalue weighted by molar-refractivity contribution is 5.74. The van der Waals surface area contributed by atoms with Crippen LogP contribution in [0.25, 0.3) is 16.5 Å². The fraction of sp³-hybridized carbons (Fsp3) is 0. The highest BCUT2D eigenvalue weighted by atomic mass is 16.1. The van der Waals surface area contributed by atoms with Gasteiger partial charge in [0, 0.05) is 10.6 Å². The Morgan fingerprint density at radius 1 is 1.31 bits per heavy atom. The summed E-state index contributed by atoms with van der Waals surface area (Å²) in [6.45, 7) is 0. The van der Waals surface area contributed by atoms with Crippen molar-refractivity contribution in [2.24, 2.45) is 5.11 Å². The maximum absolute atomic E-state index is 9.99. The van der Waals surface area contributed by atoms with Gasteiger partial charge in [-0.2, -0.15) is 0 Å². The summed E-state index contributed by atoms with van der Waals surface area (Å²) in [6.07, 6.45) is 3.79. The van der Waals surface area contributed by atoms with Gasteiger partial charge in [-0.15, -0.1) is 0 Å². The zero-order chi connectivity index (χ0) is 9.52. The lowest BCUT2D eigenvalue weighted by Crippen LogP contribution is -1.70. The van der Waals surface area contributed by atoms with Gasteiger partial charge in [-0.3, -0.25) is 4.79 Å². The summed E-state index contributed by atoms with van der Waals surface area (Å²) in [5, 5.41) is 3.41. The van der Waals surface area contributed by atoms with E-state index in [0.29, 0.717) is 12.0 Å². The Morgan fingerprint density at radius 2 is 2.00 bits per heavy atom. The smallest absolute Gasteiger partial charge is 0.142 e. The lowest BCUT2D eigenvalue weighted by Gasteiger charge is -1.92. The van der Waals surface area contributed by atoms with Crippen LogP contribution < -0.4 is 0 Å². The zero-order valence-electron chi connectivity index (χ0n) is 6.79. The largest absolute Gasteiger partial charge is 0.299 e. The highest BCUT2D eigenvalue weighted by Crippen LogP contribution is 2.13. The summed E-state index contributed by atoms with van der Waals surface area (Å²) >= 11 is 0. The average Bonchev–Trinajstić information content (AvgIpc) is 2.17. The van der Waals surface area contributed by atoms with Gasteiger partial charge in [0.05, 0.1) is 0 Å². The lowest BCUT2D eigenvalue weighted by atomic mass is 10.2. The van der Waals surface area contributed by atoms with Gasteiger partial charge in [0.15, 0.2) is 0 Å². The molecular weight excluding hydrogens is 166 g/mol. The van der Waals surface area contributed by atoms with Gasteiger partial charge in [-0.25, -0.2) is 0 Å². The second kappa shape index (κ2) is 4.74. The summed E-state index contributed by atoms with van der Waals surface area (Å²) in [5.41, 5.74) is 9.58. The molecule has 0 unspecified atom stereocenters. The number of rotatable bonds is 3. The van der Waals surface area contributed by atoms with Crippen molar-refractivity contribution in [1.29, 1.82) is 0 Å². The van der Waals surface area contributed by atoms with Crippen LogP contribution in [0.2, 0.25) is 0 Å². The van der Waals surface area contributed by atoms with Crippen molar-refractivity contribution in [3.8, 4) is 0 Å². The van der Waals surface area contributed by atoms with Gasteiger partial charge >= 0.3 is 0 Å². The van der Waals surface area contributed by atoms with Gasteiger partial charge in [0.1, 0.15) is 6.29 Å². The van der Waals surface area contributed by atoms with Gasteiger partial charge < -0.3 is 0 Å². The molecule has 64 valence electrons. The number of azide groups is 1. The van der Waals surface area contributed by atoms with Crippen LogP contribution >= 0.6 is 0 Å². The predicted molar refractivity (Wildman–Crippen MR) is 50.3 cm³/mol.